The number of aromatic amines is 2. The van der Waals surface area contributed by atoms with Crippen LogP contribution in [0.15, 0.2) is 34.2 Å². The van der Waals surface area contributed by atoms with Crippen molar-refractivity contribution in [3.8, 4) is 17.4 Å². The van der Waals surface area contributed by atoms with Crippen LogP contribution >= 0.6 is 0 Å². The number of rotatable bonds is 6. The van der Waals surface area contributed by atoms with Crippen LogP contribution in [0, 0.1) is 0 Å². The molecule has 0 amide bonds. The van der Waals surface area contributed by atoms with Crippen molar-refractivity contribution in [3.05, 3.63) is 57.0 Å². The molecule has 0 spiro atoms. The Balaban J connectivity index is 1.42. The lowest BCUT2D eigenvalue weighted by molar-refractivity contribution is 0.171. The predicted octanol–water partition coefficient (Wildman–Crippen LogP) is 0.791. The molecule has 12 heteroatoms. The number of nitrogens with zero attached hydrogens (tertiary/aromatic N) is 5. The van der Waals surface area contributed by atoms with E-state index < -0.39 is 5.69 Å². The van der Waals surface area contributed by atoms with Gasteiger partial charge in [0.25, 0.3) is 5.62 Å². The summed E-state index contributed by atoms with van der Waals surface area (Å²) >= 11 is 0. The van der Waals surface area contributed by atoms with Crippen LogP contribution in [0.4, 0.5) is 5.95 Å². The minimum atomic E-state index is -0.503. The van der Waals surface area contributed by atoms with E-state index in [0.29, 0.717) is 35.6 Å². The molecule has 3 aromatic heterocycles. The number of imidazole rings is 1. The first-order valence-corrected chi connectivity index (χ1v) is 11.6. The summed E-state index contributed by atoms with van der Waals surface area (Å²) in [4.78, 5) is 30.5. The second kappa shape index (κ2) is 8.46. The molecule has 4 N–H and O–H groups in total. The zero-order valence-corrected chi connectivity index (χ0v) is 19.0. The van der Waals surface area contributed by atoms with Gasteiger partial charge in [-0.2, -0.15) is 19.6 Å². The van der Waals surface area contributed by atoms with E-state index in [2.05, 4.69) is 32.3 Å². The summed E-state index contributed by atoms with van der Waals surface area (Å²) in [6.07, 6.45) is 6.01. The van der Waals surface area contributed by atoms with Gasteiger partial charge in [0.15, 0.2) is 17.1 Å². The monoisotopic (exact) mass is 476 g/mol. The highest BCUT2D eigenvalue weighted by Gasteiger charge is 2.22. The highest BCUT2D eigenvalue weighted by atomic mass is 16.6. The minimum absolute atomic E-state index is 0.0810. The van der Waals surface area contributed by atoms with Gasteiger partial charge < -0.3 is 24.9 Å². The maximum Gasteiger partial charge on any atom is 0.326 e. The smallest absolute Gasteiger partial charge is 0.326 e. The Labute approximate surface area is 198 Å². The van der Waals surface area contributed by atoms with Gasteiger partial charge >= 0.3 is 5.69 Å². The summed E-state index contributed by atoms with van der Waals surface area (Å²) in [6.45, 7) is 3.14. The van der Waals surface area contributed by atoms with Crippen LogP contribution < -0.4 is 31.3 Å². The van der Waals surface area contributed by atoms with Crippen molar-refractivity contribution < 1.29 is 14.6 Å². The van der Waals surface area contributed by atoms with Crippen molar-refractivity contribution >= 4 is 17.7 Å². The van der Waals surface area contributed by atoms with E-state index in [9.17, 15) is 9.90 Å². The molecule has 0 radical (unpaired) electrons. The number of fused-ring (bicyclic) bond motifs is 2. The first-order valence-electron chi connectivity index (χ1n) is 11.6. The minimum Gasteiger partial charge on any atom is -0.493 e. The summed E-state index contributed by atoms with van der Waals surface area (Å²) in [7, 11) is 0. The van der Waals surface area contributed by atoms with Gasteiger partial charge in [-0.3, -0.25) is 4.98 Å². The number of aromatic nitrogens is 6. The van der Waals surface area contributed by atoms with Crippen molar-refractivity contribution in [1.82, 2.24) is 29.5 Å². The van der Waals surface area contributed by atoms with Gasteiger partial charge in [0.05, 0.1) is 18.3 Å². The van der Waals surface area contributed by atoms with Crippen molar-refractivity contribution in [3.63, 3.8) is 0 Å². The van der Waals surface area contributed by atoms with E-state index in [1.807, 2.05) is 18.2 Å². The van der Waals surface area contributed by atoms with Crippen LogP contribution in [0.25, 0.3) is 11.7 Å². The number of hydrogen-bond acceptors (Lipinski definition) is 9. The van der Waals surface area contributed by atoms with Crippen LogP contribution in [0.5, 0.6) is 17.4 Å². The van der Waals surface area contributed by atoms with Crippen LogP contribution in [0.2, 0.25) is 0 Å². The molecular formula is C23H24N8O4. The van der Waals surface area contributed by atoms with Crippen LogP contribution in [-0.2, 0) is 0 Å². The fourth-order valence-electron chi connectivity index (χ4n) is 4.00. The summed E-state index contributed by atoms with van der Waals surface area (Å²) in [5, 5.41) is 18.4. The lowest BCUT2D eigenvalue weighted by atomic mass is 10.0. The van der Waals surface area contributed by atoms with Gasteiger partial charge in [-0.05, 0) is 43.0 Å². The van der Waals surface area contributed by atoms with Crippen LogP contribution in [-0.4, -0.2) is 53.9 Å². The second-order valence-electron chi connectivity index (χ2n) is 8.54. The molecule has 12 nitrogen and oxygen atoms in total. The normalized spacial score (nSPS) is 17.2. The lowest BCUT2D eigenvalue weighted by Gasteiger charge is -2.22. The maximum atomic E-state index is 11.5. The third kappa shape index (κ3) is 4.18. The topological polar surface area (TPSA) is 155 Å². The van der Waals surface area contributed by atoms with Gasteiger partial charge in [-0.15, -0.1) is 0 Å². The highest BCUT2D eigenvalue weighted by molar-refractivity contribution is 5.57. The van der Waals surface area contributed by atoms with Crippen LogP contribution in [0.1, 0.15) is 43.5 Å². The maximum absolute atomic E-state index is 11.5. The Morgan fingerprint density at radius 2 is 2.09 bits per heavy atom. The number of aromatic hydroxyl groups is 1. The van der Waals surface area contributed by atoms with E-state index in [0.717, 1.165) is 36.3 Å². The first-order chi connectivity index (χ1) is 17.1. The van der Waals surface area contributed by atoms with Crippen molar-refractivity contribution in [2.75, 3.05) is 18.5 Å². The van der Waals surface area contributed by atoms with E-state index in [-0.39, 0.29) is 23.7 Å². The molecule has 1 aliphatic heterocycles. The molecule has 1 atom stereocenters. The molecule has 1 unspecified atom stereocenters. The van der Waals surface area contributed by atoms with Crippen molar-refractivity contribution in [2.45, 2.75) is 38.3 Å². The van der Waals surface area contributed by atoms with Gasteiger partial charge in [-0.1, -0.05) is 13.0 Å². The summed E-state index contributed by atoms with van der Waals surface area (Å²) < 4.78 is 13.0. The molecule has 1 aromatic carbocycles. The lowest BCUT2D eigenvalue weighted by Crippen LogP contribution is -2.26. The van der Waals surface area contributed by atoms with Gasteiger partial charge in [0.1, 0.15) is 18.9 Å². The highest BCUT2D eigenvalue weighted by Crippen LogP contribution is 2.34. The average molecular weight is 476 g/mol. The average Bonchev–Trinajstić information content (AvgIpc) is 3.50. The Morgan fingerprint density at radius 3 is 2.83 bits per heavy atom. The number of H-pyrrole nitrogens is 2. The Morgan fingerprint density at radius 1 is 1.26 bits per heavy atom. The number of ether oxygens (including phenoxy) is 2. The number of benzene rings is 1. The quantitative estimate of drug-likeness (QED) is 0.318. The fourth-order valence-corrected chi connectivity index (χ4v) is 4.00. The number of anilines is 1. The fraction of sp³-hybridized carbons (Fsp3) is 0.348. The Hall–Kier alpha value is -4.35. The van der Waals surface area contributed by atoms with E-state index in [1.54, 1.807) is 16.8 Å². The van der Waals surface area contributed by atoms with Crippen LogP contribution in [0.3, 0.4) is 0 Å². The molecular weight excluding hydrogens is 452 g/mol. The molecule has 1 aliphatic carbocycles. The molecule has 180 valence electrons. The standard InChI is InChI=1S/C23H24N8O4/c1-2-15(12-3-6-17-18(10-12)35-8-7-34-17)26-21-28-19-13(9-16-20(32)29-23(33)27-16)11-24-31(19)22(30-21)25-14-4-5-14/h3,6,9-11,14-15,32H,2,4-5,7-8H2,1H3,(H,25,26,30)(H2,27,29,33). The Bertz CT molecular complexity index is 1580. The molecule has 4 aromatic rings. The van der Waals surface area contributed by atoms with E-state index >= 15 is 0 Å². The third-order valence-electron chi connectivity index (χ3n) is 5.94. The van der Waals surface area contributed by atoms with Crippen molar-refractivity contribution in [2.24, 2.45) is 4.99 Å². The predicted molar refractivity (Wildman–Crippen MR) is 125 cm³/mol. The number of hydrogen-bond donors (Lipinski definition) is 4. The molecule has 1 fully saturated rings. The molecule has 6 rings (SSSR count). The molecule has 0 bridgehead atoms. The van der Waals surface area contributed by atoms with Gasteiger partial charge in [0, 0.05) is 5.22 Å². The molecule has 1 saturated carbocycles. The van der Waals surface area contributed by atoms with Crippen molar-refractivity contribution in [1.29, 1.82) is 0 Å². The SMILES string of the molecule is CCC(Nc1nc(=NC2CC2)n2ncc(=Cc3[nH]c(=O)[nH]c3O)c2n1)c1ccc2c(c1)OCCO2. The zero-order valence-electron chi connectivity index (χ0n) is 19.0. The number of nitrogens with one attached hydrogen (secondary N) is 3. The van der Waals surface area contributed by atoms with E-state index in [1.165, 1.54) is 0 Å². The van der Waals surface area contributed by atoms with E-state index in [4.69, 9.17) is 19.5 Å². The molecule has 4 heterocycles. The van der Waals surface area contributed by atoms with Gasteiger partial charge in [-0.25, -0.2) is 9.79 Å². The largest absolute Gasteiger partial charge is 0.493 e. The molecule has 35 heavy (non-hydrogen) atoms. The molecule has 2 aliphatic rings. The zero-order chi connectivity index (χ0) is 23.9. The molecule has 0 saturated heterocycles. The van der Waals surface area contributed by atoms with Gasteiger partial charge in [0.2, 0.25) is 11.8 Å². The third-order valence-corrected chi connectivity index (χ3v) is 5.94. The second-order valence-corrected chi connectivity index (χ2v) is 8.54. The Kier molecular flexibility index (Phi) is 5.12. The first kappa shape index (κ1) is 21.2. The summed E-state index contributed by atoms with van der Waals surface area (Å²) in [6, 6.07) is 6.04. The summed E-state index contributed by atoms with van der Waals surface area (Å²) in [5.41, 5.74) is 1.71. The summed E-state index contributed by atoms with van der Waals surface area (Å²) in [5.74, 6) is 1.61.